The minimum absolute atomic E-state index is 0.0913. The molecule has 0 radical (unpaired) electrons. The van der Waals surface area contributed by atoms with Crippen LogP contribution in [0.15, 0.2) is 63.5 Å². The molecule has 2 N–H and O–H groups in total. The van der Waals surface area contributed by atoms with E-state index in [9.17, 15) is 13.6 Å². The molecular formula is C22H13BrF2N4O2. The summed E-state index contributed by atoms with van der Waals surface area (Å²) in [6, 6.07) is 14.0. The quantitative estimate of drug-likeness (QED) is 0.362. The molecule has 5 aromatic rings. The van der Waals surface area contributed by atoms with Crippen molar-refractivity contribution in [2.24, 2.45) is 0 Å². The first kappa shape index (κ1) is 19.4. The van der Waals surface area contributed by atoms with Gasteiger partial charge in [-0.3, -0.25) is 4.79 Å². The molecule has 0 spiro atoms. The molecule has 3 aromatic carbocycles. The summed E-state index contributed by atoms with van der Waals surface area (Å²) in [6.07, 6.45) is 0. The van der Waals surface area contributed by atoms with Gasteiger partial charge in [-0.1, -0.05) is 6.07 Å². The lowest BCUT2D eigenvalue weighted by Gasteiger charge is -2.03. The number of imidazole rings is 1. The van der Waals surface area contributed by atoms with E-state index in [1.54, 1.807) is 24.3 Å². The number of nitrogens with zero attached hydrogens (tertiary/aromatic N) is 2. The van der Waals surface area contributed by atoms with E-state index in [-0.39, 0.29) is 22.7 Å². The van der Waals surface area contributed by atoms with Crippen molar-refractivity contribution in [3.63, 3.8) is 0 Å². The summed E-state index contributed by atoms with van der Waals surface area (Å²) in [5, 5.41) is 2.78. The minimum atomic E-state index is -0.441. The van der Waals surface area contributed by atoms with Crippen LogP contribution in [-0.2, 0) is 6.54 Å². The predicted octanol–water partition coefficient (Wildman–Crippen LogP) is 5.34. The molecule has 6 nitrogen and oxygen atoms in total. The number of amides is 1. The van der Waals surface area contributed by atoms with Gasteiger partial charge in [-0.25, -0.2) is 18.7 Å². The summed E-state index contributed by atoms with van der Waals surface area (Å²) in [7, 11) is 0. The van der Waals surface area contributed by atoms with Crippen LogP contribution >= 0.6 is 15.9 Å². The second-order valence-corrected chi connectivity index (χ2v) is 7.73. The first-order chi connectivity index (χ1) is 15.0. The molecule has 0 aliphatic heterocycles. The Balaban J connectivity index is 1.33. The van der Waals surface area contributed by atoms with Crippen molar-refractivity contribution in [3.05, 3.63) is 82.1 Å². The molecule has 1 amide bonds. The van der Waals surface area contributed by atoms with Crippen molar-refractivity contribution in [2.75, 3.05) is 0 Å². The molecule has 2 heterocycles. The van der Waals surface area contributed by atoms with Crippen LogP contribution in [0.3, 0.4) is 0 Å². The number of halogens is 3. The highest BCUT2D eigenvalue weighted by Gasteiger charge is 2.14. The Kier molecular flexibility index (Phi) is 4.74. The number of hydrogen-bond acceptors (Lipinski definition) is 4. The fourth-order valence-corrected chi connectivity index (χ4v) is 3.51. The van der Waals surface area contributed by atoms with Gasteiger partial charge in [0.25, 0.3) is 5.91 Å². The van der Waals surface area contributed by atoms with Crippen LogP contribution in [0.2, 0.25) is 0 Å². The van der Waals surface area contributed by atoms with E-state index in [4.69, 9.17) is 4.42 Å². The van der Waals surface area contributed by atoms with Crippen LogP contribution < -0.4 is 5.32 Å². The van der Waals surface area contributed by atoms with Crippen LogP contribution in [0.5, 0.6) is 0 Å². The number of hydrogen-bond donors (Lipinski definition) is 2. The maximum absolute atomic E-state index is 13.7. The Morgan fingerprint density at radius 3 is 2.65 bits per heavy atom. The third-order valence-electron chi connectivity index (χ3n) is 4.74. The molecular weight excluding hydrogens is 470 g/mol. The van der Waals surface area contributed by atoms with Gasteiger partial charge in [0.15, 0.2) is 11.4 Å². The van der Waals surface area contributed by atoms with Crippen molar-refractivity contribution in [2.45, 2.75) is 6.54 Å². The summed E-state index contributed by atoms with van der Waals surface area (Å²) in [6.45, 7) is 0.239. The van der Waals surface area contributed by atoms with Gasteiger partial charge in [0.05, 0.1) is 15.5 Å². The molecule has 154 valence electrons. The second-order valence-electron chi connectivity index (χ2n) is 6.88. The van der Waals surface area contributed by atoms with Crippen molar-refractivity contribution in [1.29, 1.82) is 0 Å². The highest BCUT2D eigenvalue weighted by Crippen LogP contribution is 2.25. The van der Waals surface area contributed by atoms with E-state index < -0.39 is 11.7 Å². The topological polar surface area (TPSA) is 83.8 Å². The van der Waals surface area contributed by atoms with Crippen LogP contribution in [0.1, 0.15) is 16.2 Å². The number of aromatic amines is 1. The van der Waals surface area contributed by atoms with E-state index in [2.05, 4.69) is 36.2 Å². The zero-order valence-electron chi connectivity index (χ0n) is 15.7. The molecule has 0 aliphatic rings. The third kappa shape index (κ3) is 3.79. The first-order valence-electron chi connectivity index (χ1n) is 9.24. The van der Waals surface area contributed by atoms with E-state index in [1.165, 1.54) is 24.3 Å². The standard InChI is InChI=1S/C22H13BrF2N4O2/c23-14-8-16-17(9-15(14)25)28-20(27-16)21(30)26-10-11-1-6-19-18(7-11)29-22(31-19)12-2-4-13(24)5-3-12/h1-9H,10H2,(H,26,30)(H,27,28). The Bertz CT molecular complexity index is 1400. The average Bonchev–Trinajstić information content (AvgIpc) is 3.36. The average molecular weight is 483 g/mol. The van der Waals surface area contributed by atoms with Crippen molar-refractivity contribution in [1.82, 2.24) is 20.3 Å². The van der Waals surface area contributed by atoms with Crippen molar-refractivity contribution < 1.29 is 18.0 Å². The van der Waals surface area contributed by atoms with E-state index >= 15 is 0 Å². The van der Waals surface area contributed by atoms with Crippen LogP contribution in [-0.4, -0.2) is 20.9 Å². The summed E-state index contributed by atoms with van der Waals surface area (Å²) >= 11 is 3.10. The van der Waals surface area contributed by atoms with Crippen LogP contribution in [0.25, 0.3) is 33.6 Å². The van der Waals surface area contributed by atoms with Gasteiger partial charge in [0.2, 0.25) is 5.89 Å². The zero-order chi connectivity index (χ0) is 21.5. The highest BCUT2D eigenvalue weighted by atomic mass is 79.9. The lowest BCUT2D eigenvalue weighted by molar-refractivity contribution is 0.0942. The maximum Gasteiger partial charge on any atom is 0.287 e. The normalized spacial score (nSPS) is 11.3. The van der Waals surface area contributed by atoms with Gasteiger partial charge in [-0.2, -0.15) is 0 Å². The Morgan fingerprint density at radius 2 is 1.84 bits per heavy atom. The summed E-state index contributed by atoms with van der Waals surface area (Å²) < 4.78 is 32.8. The van der Waals surface area contributed by atoms with E-state index in [1.807, 2.05) is 6.07 Å². The first-order valence-corrected chi connectivity index (χ1v) is 10.0. The van der Waals surface area contributed by atoms with Crippen LogP contribution in [0.4, 0.5) is 8.78 Å². The molecule has 0 saturated carbocycles. The van der Waals surface area contributed by atoms with Gasteiger partial charge in [0, 0.05) is 18.2 Å². The monoisotopic (exact) mass is 482 g/mol. The molecule has 9 heteroatoms. The van der Waals surface area contributed by atoms with E-state index in [0.717, 1.165) is 5.56 Å². The molecule has 0 unspecified atom stereocenters. The minimum Gasteiger partial charge on any atom is -0.436 e. The van der Waals surface area contributed by atoms with Crippen molar-refractivity contribution in [3.8, 4) is 11.5 Å². The summed E-state index contributed by atoms with van der Waals surface area (Å²) in [4.78, 5) is 23.9. The SMILES string of the molecule is O=C(NCc1ccc2oc(-c3ccc(F)cc3)nc2c1)c1nc2cc(Br)c(F)cc2[nH]1. The smallest absolute Gasteiger partial charge is 0.287 e. The number of nitrogens with one attached hydrogen (secondary N) is 2. The number of fused-ring (bicyclic) bond motifs is 2. The van der Waals surface area contributed by atoms with Gasteiger partial charge in [-0.15, -0.1) is 0 Å². The third-order valence-corrected chi connectivity index (χ3v) is 5.34. The summed E-state index contributed by atoms with van der Waals surface area (Å²) in [5.74, 6) is -0.713. The predicted molar refractivity (Wildman–Crippen MR) is 114 cm³/mol. The molecule has 0 saturated heterocycles. The molecule has 0 atom stereocenters. The number of carbonyl (C=O) groups is 1. The molecule has 0 bridgehead atoms. The Hall–Kier alpha value is -3.59. The van der Waals surface area contributed by atoms with Gasteiger partial charge in [-0.05, 0) is 64.0 Å². The maximum atomic E-state index is 13.7. The fraction of sp³-hybridized carbons (Fsp3) is 0.0455. The summed E-state index contributed by atoms with van der Waals surface area (Å²) in [5.41, 5.74) is 3.60. The van der Waals surface area contributed by atoms with E-state index in [0.29, 0.717) is 33.6 Å². The number of benzene rings is 3. The van der Waals surface area contributed by atoms with Crippen molar-refractivity contribution >= 4 is 44.0 Å². The Labute approximate surface area is 182 Å². The largest absolute Gasteiger partial charge is 0.436 e. The molecule has 31 heavy (non-hydrogen) atoms. The second kappa shape index (κ2) is 7.59. The number of aromatic nitrogens is 3. The van der Waals surface area contributed by atoms with Gasteiger partial charge < -0.3 is 14.7 Å². The molecule has 0 fully saturated rings. The van der Waals surface area contributed by atoms with Crippen LogP contribution in [0, 0.1) is 11.6 Å². The zero-order valence-corrected chi connectivity index (χ0v) is 17.3. The number of oxazole rings is 1. The highest BCUT2D eigenvalue weighted by molar-refractivity contribution is 9.10. The molecule has 0 aliphatic carbocycles. The number of H-pyrrole nitrogens is 1. The van der Waals surface area contributed by atoms with Gasteiger partial charge in [0.1, 0.15) is 17.2 Å². The lowest BCUT2D eigenvalue weighted by atomic mass is 10.2. The lowest BCUT2D eigenvalue weighted by Crippen LogP contribution is -2.23. The molecule has 5 rings (SSSR count). The fourth-order valence-electron chi connectivity index (χ4n) is 3.18. The number of rotatable bonds is 4. The number of carbonyl (C=O) groups excluding carboxylic acids is 1. The molecule has 2 aromatic heterocycles. The Morgan fingerprint density at radius 1 is 1.03 bits per heavy atom. The van der Waals surface area contributed by atoms with Gasteiger partial charge >= 0.3 is 0 Å².